The summed E-state index contributed by atoms with van der Waals surface area (Å²) in [7, 11) is 0. The number of ether oxygens (including phenoxy) is 1. The first kappa shape index (κ1) is 18.2. The number of rotatable bonds is 5. The van der Waals surface area contributed by atoms with Gasteiger partial charge in [0, 0.05) is 25.3 Å². The van der Waals surface area contributed by atoms with E-state index < -0.39 is 0 Å². The molecule has 2 aliphatic heterocycles. The third kappa shape index (κ3) is 4.24. The highest BCUT2D eigenvalue weighted by molar-refractivity contribution is 7.99. The zero-order valence-electron chi connectivity index (χ0n) is 14.7. The van der Waals surface area contributed by atoms with Crippen LogP contribution >= 0.6 is 23.1 Å². The number of aromatic nitrogens is 2. The summed E-state index contributed by atoms with van der Waals surface area (Å²) >= 11 is 3.00. The summed E-state index contributed by atoms with van der Waals surface area (Å²) in [6.07, 6.45) is 3.11. The normalized spacial score (nSPS) is 18.0. The maximum Gasteiger partial charge on any atom is 0.410 e. The number of amides is 2. The van der Waals surface area contributed by atoms with E-state index in [2.05, 4.69) is 9.97 Å². The molecule has 142 valence electrons. The van der Waals surface area contributed by atoms with E-state index in [1.54, 1.807) is 22.4 Å². The summed E-state index contributed by atoms with van der Waals surface area (Å²) in [4.78, 5) is 37.7. The number of carbonyl (C=O) groups excluding carboxylic acids is 2. The molecule has 27 heavy (non-hydrogen) atoms. The van der Waals surface area contributed by atoms with Crippen molar-refractivity contribution in [3.8, 4) is 10.6 Å². The molecule has 4 rings (SSSR count). The Bertz CT molecular complexity index is 807. The molecule has 2 aliphatic rings. The van der Waals surface area contributed by atoms with Crippen LogP contribution in [0.15, 0.2) is 34.9 Å². The van der Waals surface area contributed by atoms with Crippen LogP contribution < -0.4 is 0 Å². The van der Waals surface area contributed by atoms with Crippen LogP contribution in [0, 0.1) is 0 Å². The fraction of sp³-hybridized carbons (Fsp3) is 0.444. The van der Waals surface area contributed by atoms with Gasteiger partial charge in [0.1, 0.15) is 6.61 Å². The van der Waals surface area contributed by atoms with Crippen LogP contribution in [0.2, 0.25) is 0 Å². The zero-order chi connectivity index (χ0) is 18.6. The molecule has 0 radical (unpaired) electrons. The second kappa shape index (κ2) is 8.26. The van der Waals surface area contributed by atoms with Crippen molar-refractivity contribution in [3.63, 3.8) is 0 Å². The lowest BCUT2D eigenvalue weighted by molar-refractivity contribution is -0.129. The zero-order valence-corrected chi connectivity index (χ0v) is 16.4. The monoisotopic (exact) mass is 404 g/mol. The Morgan fingerprint density at radius 3 is 2.85 bits per heavy atom. The highest BCUT2D eigenvalue weighted by Crippen LogP contribution is 2.25. The molecule has 0 bridgehead atoms. The number of thioether (sulfide) groups is 1. The van der Waals surface area contributed by atoms with Crippen molar-refractivity contribution in [2.45, 2.75) is 24.0 Å². The van der Waals surface area contributed by atoms with Gasteiger partial charge in [0.15, 0.2) is 5.16 Å². The number of cyclic esters (lactones) is 1. The van der Waals surface area contributed by atoms with Gasteiger partial charge in [-0.15, -0.1) is 11.3 Å². The van der Waals surface area contributed by atoms with Crippen LogP contribution in [-0.4, -0.2) is 69.8 Å². The molecule has 7 nitrogen and oxygen atoms in total. The molecule has 2 aromatic rings. The van der Waals surface area contributed by atoms with Gasteiger partial charge in [0.2, 0.25) is 5.91 Å². The predicted molar refractivity (Wildman–Crippen MR) is 104 cm³/mol. The van der Waals surface area contributed by atoms with E-state index in [9.17, 15) is 9.59 Å². The van der Waals surface area contributed by atoms with Gasteiger partial charge < -0.3 is 14.5 Å². The summed E-state index contributed by atoms with van der Waals surface area (Å²) < 4.78 is 5.01. The predicted octanol–water partition coefficient (Wildman–Crippen LogP) is 2.74. The number of carbonyl (C=O) groups is 2. The number of piperidine rings is 1. The minimum Gasteiger partial charge on any atom is -0.448 e. The van der Waals surface area contributed by atoms with Gasteiger partial charge in [-0.05, 0) is 30.4 Å². The minimum absolute atomic E-state index is 0.0903. The van der Waals surface area contributed by atoms with Crippen molar-refractivity contribution >= 4 is 35.1 Å². The molecular weight excluding hydrogens is 384 g/mol. The summed E-state index contributed by atoms with van der Waals surface area (Å²) in [5, 5.41) is 2.63. The summed E-state index contributed by atoms with van der Waals surface area (Å²) in [6, 6.07) is 6.07. The molecule has 4 heterocycles. The van der Waals surface area contributed by atoms with Crippen LogP contribution in [-0.2, 0) is 9.53 Å². The van der Waals surface area contributed by atoms with Gasteiger partial charge in [0.05, 0.1) is 22.9 Å². The molecule has 2 aromatic heterocycles. The molecule has 0 atom stereocenters. The van der Waals surface area contributed by atoms with Crippen molar-refractivity contribution in [1.29, 1.82) is 0 Å². The SMILES string of the molecule is O=C(CSc1nccc(-c2cccs2)n1)N1CCC(N2CCOC2=O)CC1. The number of likely N-dealkylation sites (tertiary alicyclic amines) is 1. The molecule has 2 amide bonds. The lowest BCUT2D eigenvalue weighted by atomic mass is 10.0. The van der Waals surface area contributed by atoms with Gasteiger partial charge in [-0.3, -0.25) is 4.79 Å². The van der Waals surface area contributed by atoms with Crippen molar-refractivity contribution in [1.82, 2.24) is 19.8 Å². The maximum atomic E-state index is 12.5. The Kier molecular flexibility index (Phi) is 5.58. The lowest BCUT2D eigenvalue weighted by Crippen LogP contribution is -2.47. The first-order valence-electron chi connectivity index (χ1n) is 8.91. The van der Waals surface area contributed by atoms with Crippen molar-refractivity contribution in [2.75, 3.05) is 32.0 Å². The van der Waals surface area contributed by atoms with E-state index in [0.717, 1.165) is 23.4 Å². The van der Waals surface area contributed by atoms with Gasteiger partial charge in [-0.25, -0.2) is 14.8 Å². The number of hydrogen-bond donors (Lipinski definition) is 0. The van der Waals surface area contributed by atoms with E-state index >= 15 is 0 Å². The van der Waals surface area contributed by atoms with E-state index in [-0.39, 0.29) is 18.0 Å². The fourth-order valence-electron chi connectivity index (χ4n) is 3.35. The van der Waals surface area contributed by atoms with Crippen LogP contribution in [0.3, 0.4) is 0 Å². The topological polar surface area (TPSA) is 75.6 Å². The Morgan fingerprint density at radius 2 is 2.15 bits per heavy atom. The molecular formula is C18H20N4O3S2. The smallest absolute Gasteiger partial charge is 0.410 e. The second-order valence-corrected chi connectivity index (χ2v) is 8.30. The summed E-state index contributed by atoms with van der Waals surface area (Å²) in [5.74, 6) is 0.414. The first-order valence-corrected chi connectivity index (χ1v) is 10.8. The van der Waals surface area contributed by atoms with Crippen LogP contribution in [0.1, 0.15) is 12.8 Å². The third-order valence-electron chi connectivity index (χ3n) is 4.78. The highest BCUT2D eigenvalue weighted by Gasteiger charge is 2.33. The molecule has 2 fully saturated rings. The minimum atomic E-state index is -0.224. The number of nitrogens with zero attached hydrogens (tertiary/aromatic N) is 4. The largest absolute Gasteiger partial charge is 0.448 e. The van der Waals surface area contributed by atoms with E-state index in [1.807, 2.05) is 28.5 Å². The van der Waals surface area contributed by atoms with Gasteiger partial charge in [-0.2, -0.15) is 0 Å². The van der Waals surface area contributed by atoms with Gasteiger partial charge >= 0.3 is 6.09 Å². The second-order valence-electron chi connectivity index (χ2n) is 6.41. The lowest BCUT2D eigenvalue weighted by Gasteiger charge is -2.35. The Balaban J connectivity index is 1.28. The fourth-order valence-corrected chi connectivity index (χ4v) is 4.78. The highest BCUT2D eigenvalue weighted by atomic mass is 32.2. The third-order valence-corrected chi connectivity index (χ3v) is 6.52. The molecule has 0 unspecified atom stereocenters. The van der Waals surface area contributed by atoms with E-state index in [0.29, 0.717) is 37.2 Å². The van der Waals surface area contributed by atoms with E-state index in [1.165, 1.54) is 11.8 Å². The maximum absolute atomic E-state index is 12.5. The molecule has 0 N–H and O–H groups in total. The molecule has 0 aliphatic carbocycles. The molecule has 0 aromatic carbocycles. The number of hydrogen-bond acceptors (Lipinski definition) is 7. The Labute approximate surface area is 165 Å². The quantitative estimate of drug-likeness (QED) is 0.563. The summed E-state index contributed by atoms with van der Waals surface area (Å²) in [6.45, 7) is 2.47. The molecule has 0 spiro atoms. The van der Waals surface area contributed by atoms with E-state index in [4.69, 9.17) is 4.74 Å². The molecule has 0 saturated carbocycles. The standard InChI is InChI=1S/C18H20N4O3S2/c23-16(21-7-4-13(5-8-21)22-9-10-25-18(22)24)12-27-17-19-6-3-14(20-17)15-2-1-11-26-15/h1-3,6,11,13H,4-5,7-10,12H2. The Hall–Kier alpha value is -2.13. The van der Waals surface area contributed by atoms with Crippen molar-refractivity contribution in [2.24, 2.45) is 0 Å². The summed E-state index contributed by atoms with van der Waals surface area (Å²) in [5.41, 5.74) is 0.883. The number of thiophene rings is 1. The van der Waals surface area contributed by atoms with Gasteiger partial charge in [-0.1, -0.05) is 17.8 Å². The van der Waals surface area contributed by atoms with Crippen LogP contribution in [0.25, 0.3) is 10.6 Å². The average Bonchev–Trinajstić information content (AvgIpc) is 3.38. The van der Waals surface area contributed by atoms with Gasteiger partial charge in [0.25, 0.3) is 0 Å². The van der Waals surface area contributed by atoms with Crippen molar-refractivity contribution < 1.29 is 14.3 Å². The Morgan fingerprint density at radius 1 is 1.30 bits per heavy atom. The van der Waals surface area contributed by atoms with Crippen molar-refractivity contribution in [3.05, 3.63) is 29.8 Å². The first-order chi connectivity index (χ1) is 13.2. The molecule has 2 saturated heterocycles. The molecule has 9 heteroatoms. The van der Waals surface area contributed by atoms with Crippen LogP contribution in [0.4, 0.5) is 4.79 Å². The average molecular weight is 405 g/mol. The van der Waals surface area contributed by atoms with Crippen LogP contribution in [0.5, 0.6) is 0 Å².